The van der Waals surface area contributed by atoms with Crippen LogP contribution in [-0.4, -0.2) is 37.6 Å². The van der Waals surface area contributed by atoms with Crippen molar-refractivity contribution in [2.75, 3.05) is 20.3 Å². The summed E-state index contributed by atoms with van der Waals surface area (Å²) in [6.07, 6.45) is 2.36. The van der Waals surface area contributed by atoms with Gasteiger partial charge in [-0.2, -0.15) is 0 Å². The van der Waals surface area contributed by atoms with Crippen molar-refractivity contribution in [2.45, 2.75) is 37.4 Å². The Hall–Kier alpha value is -0.900. The zero-order chi connectivity index (χ0) is 12.8. The van der Waals surface area contributed by atoms with Gasteiger partial charge in [-0.25, -0.2) is 0 Å². The van der Waals surface area contributed by atoms with Crippen molar-refractivity contribution < 1.29 is 14.6 Å². The minimum atomic E-state index is -0.332. The Labute approximate surface area is 109 Å². The maximum absolute atomic E-state index is 9.97. The molecule has 1 aromatic rings. The molecule has 3 nitrogen and oxygen atoms in total. The molecule has 3 unspecified atom stereocenters. The molecule has 1 saturated carbocycles. The summed E-state index contributed by atoms with van der Waals surface area (Å²) in [5.74, 6) is 0.502. The first-order chi connectivity index (χ1) is 8.81. The molecule has 0 spiro atoms. The van der Waals surface area contributed by atoms with E-state index >= 15 is 0 Å². The summed E-state index contributed by atoms with van der Waals surface area (Å²) in [6, 6.07) is 10.5. The number of benzene rings is 1. The summed E-state index contributed by atoms with van der Waals surface area (Å²) < 4.78 is 10.7. The smallest absolute Gasteiger partial charge is 0.0840 e. The molecular weight excluding hydrogens is 228 g/mol. The maximum Gasteiger partial charge on any atom is 0.0840 e. The second-order valence-electron chi connectivity index (χ2n) is 4.89. The van der Waals surface area contributed by atoms with Crippen molar-refractivity contribution in [1.29, 1.82) is 0 Å². The number of hydrogen-bond acceptors (Lipinski definition) is 3. The van der Waals surface area contributed by atoms with Gasteiger partial charge in [-0.3, -0.25) is 0 Å². The van der Waals surface area contributed by atoms with Gasteiger partial charge in [0, 0.05) is 7.11 Å². The average Bonchev–Trinajstić information content (AvgIpc) is 2.42. The van der Waals surface area contributed by atoms with Crippen molar-refractivity contribution >= 4 is 0 Å². The van der Waals surface area contributed by atoms with Crippen LogP contribution in [0.2, 0.25) is 0 Å². The Bertz CT molecular complexity index is 339. The number of rotatable bonds is 5. The lowest BCUT2D eigenvalue weighted by Crippen LogP contribution is -2.36. The second-order valence-corrected chi connectivity index (χ2v) is 4.89. The van der Waals surface area contributed by atoms with Gasteiger partial charge in [0.1, 0.15) is 0 Å². The van der Waals surface area contributed by atoms with Crippen LogP contribution in [0.5, 0.6) is 0 Å². The molecule has 1 fully saturated rings. The van der Waals surface area contributed by atoms with E-state index in [-0.39, 0.29) is 12.2 Å². The van der Waals surface area contributed by atoms with Crippen molar-refractivity contribution in [1.82, 2.24) is 0 Å². The Morgan fingerprint density at radius 2 is 1.94 bits per heavy atom. The first-order valence-corrected chi connectivity index (χ1v) is 6.65. The number of hydrogen-bond donors (Lipinski definition) is 1. The van der Waals surface area contributed by atoms with Crippen LogP contribution < -0.4 is 0 Å². The van der Waals surface area contributed by atoms with Crippen LogP contribution in [0.4, 0.5) is 0 Å². The molecule has 1 aromatic carbocycles. The van der Waals surface area contributed by atoms with E-state index in [9.17, 15) is 5.11 Å². The SMILES string of the molecule is COCCOC1CC(c2ccccc2)CCC1O. The zero-order valence-corrected chi connectivity index (χ0v) is 10.9. The lowest BCUT2D eigenvalue weighted by molar-refractivity contribution is -0.0741. The van der Waals surface area contributed by atoms with Crippen LogP contribution in [-0.2, 0) is 9.47 Å². The molecule has 0 radical (unpaired) electrons. The van der Waals surface area contributed by atoms with Crippen LogP contribution in [0.1, 0.15) is 30.7 Å². The molecule has 3 atom stereocenters. The van der Waals surface area contributed by atoms with Crippen LogP contribution in [0, 0.1) is 0 Å². The van der Waals surface area contributed by atoms with Gasteiger partial charge in [0.05, 0.1) is 25.4 Å². The van der Waals surface area contributed by atoms with Gasteiger partial charge in [-0.1, -0.05) is 30.3 Å². The zero-order valence-electron chi connectivity index (χ0n) is 10.9. The highest BCUT2D eigenvalue weighted by atomic mass is 16.5. The van der Waals surface area contributed by atoms with E-state index in [0.29, 0.717) is 19.1 Å². The van der Waals surface area contributed by atoms with Crippen LogP contribution in [0.3, 0.4) is 0 Å². The lowest BCUT2D eigenvalue weighted by atomic mass is 9.81. The largest absolute Gasteiger partial charge is 0.390 e. The van der Waals surface area contributed by atoms with E-state index in [2.05, 4.69) is 24.3 Å². The molecular formula is C15H22O3. The third-order valence-electron chi connectivity index (χ3n) is 3.65. The Kier molecular flexibility index (Phi) is 5.17. The quantitative estimate of drug-likeness (QED) is 0.815. The molecule has 0 aromatic heterocycles. The molecule has 1 aliphatic carbocycles. The molecule has 0 amide bonds. The molecule has 1 aliphatic rings. The summed E-state index contributed by atoms with van der Waals surface area (Å²) in [4.78, 5) is 0. The van der Waals surface area contributed by atoms with Gasteiger partial charge in [-0.05, 0) is 30.7 Å². The van der Waals surface area contributed by atoms with Crippen LogP contribution in [0.25, 0.3) is 0 Å². The Morgan fingerprint density at radius 1 is 1.17 bits per heavy atom. The normalized spacial score (nSPS) is 28.2. The summed E-state index contributed by atoms with van der Waals surface area (Å²) in [5, 5.41) is 9.97. The van der Waals surface area contributed by atoms with Gasteiger partial charge >= 0.3 is 0 Å². The minimum absolute atomic E-state index is 0.0564. The number of methoxy groups -OCH3 is 1. The lowest BCUT2D eigenvalue weighted by Gasteiger charge is -2.33. The Balaban J connectivity index is 1.91. The highest BCUT2D eigenvalue weighted by Crippen LogP contribution is 2.34. The summed E-state index contributed by atoms with van der Waals surface area (Å²) >= 11 is 0. The number of aliphatic hydroxyl groups is 1. The molecule has 1 N–H and O–H groups in total. The fourth-order valence-corrected chi connectivity index (χ4v) is 2.60. The van der Waals surface area contributed by atoms with E-state index in [1.54, 1.807) is 7.11 Å². The number of ether oxygens (including phenoxy) is 2. The molecule has 100 valence electrons. The first kappa shape index (κ1) is 13.5. The van der Waals surface area contributed by atoms with Gasteiger partial charge < -0.3 is 14.6 Å². The van der Waals surface area contributed by atoms with Crippen molar-refractivity contribution in [2.24, 2.45) is 0 Å². The second kappa shape index (κ2) is 6.88. The van der Waals surface area contributed by atoms with Gasteiger partial charge in [0.2, 0.25) is 0 Å². The third-order valence-corrected chi connectivity index (χ3v) is 3.65. The first-order valence-electron chi connectivity index (χ1n) is 6.65. The molecule has 18 heavy (non-hydrogen) atoms. The van der Waals surface area contributed by atoms with E-state index in [4.69, 9.17) is 9.47 Å². The maximum atomic E-state index is 9.97. The standard InChI is InChI=1S/C15H22O3/c1-17-9-10-18-15-11-13(7-8-14(15)16)12-5-3-2-4-6-12/h2-6,13-16H,7-11H2,1H3. The van der Waals surface area contributed by atoms with E-state index in [1.165, 1.54) is 5.56 Å². The van der Waals surface area contributed by atoms with Gasteiger partial charge in [-0.15, -0.1) is 0 Å². The Morgan fingerprint density at radius 3 is 2.67 bits per heavy atom. The predicted octanol–water partition coefficient (Wildman–Crippen LogP) is 2.35. The monoisotopic (exact) mass is 250 g/mol. The van der Waals surface area contributed by atoms with Crippen molar-refractivity contribution in [3.8, 4) is 0 Å². The highest BCUT2D eigenvalue weighted by Gasteiger charge is 2.30. The van der Waals surface area contributed by atoms with E-state index in [1.807, 2.05) is 6.07 Å². The van der Waals surface area contributed by atoms with Crippen LogP contribution in [0.15, 0.2) is 30.3 Å². The van der Waals surface area contributed by atoms with E-state index in [0.717, 1.165) is 19.3 Å². The number of aliphatic hydroxyl groups excluding tert-OH is 1. The fourth-order valence-electron chi connectivity index (χ4n) is 2.60. The molecule has 0 heterocycles. The molecule has 0 aliphatic heterocycles. The topological polar surface area (TPSA) is 38.7 Å². The summed E-state index contributed by atoms with van der Waals surface area (Å²) in [5.41, 5.74) is 1.35. The molecule has 2 rings (SSSR count). The summed E-state index contributed by atoms with van der Waals surface area (Å²) in [7, 11) is 1.66. The predicted molar refractivity (Wildman–Crippen MR) is 70.7 cm³/mol. The van der Waals surface area contributed by atoms with Crippen molar-refractivity contribution in [3.63, 3.8) is 0 Å². The van der Waals surface area contributed by atoms with Gasteiger partial charge in [0.15, 0.2) is 0 Å². The third kappa shape index (κ3) is 3.55. The average molecular weight is 250 g/mol. The summed E-state index contributed by atoms with van der Waals surface area (Å²) in [6.45, 7) is 1.14. The molecule has 3 heteroatoms. The van der Waals surface area contributed by atoms with Crippen LogP contribution >= 0.6 is 0 Å². The minimum Gasteiger partial charge on any atom is -0.390 e. The molecule has 0 bridgehead atoms. The van der Waals surface area contributed by atoms with Crippen molar-refractivity contribution in [3.05, 3.63) is 35.9 Å². The fraction of sp³-hybridized carbons (Fsp3) is 0.600. The van der Waals surface area contributed by atoms with Gasteiger partial charge in [0.25, 0.3) is 0 Å². The van der Waals surface area contributed by atoms with E-state index < -0.39 is 0 Å². The molecule has 0 saturated heterocycles. The highest BCUT2D eigenvalue weighted by molar-refractivity contribution is 5.20.